The summed E-state index contributed by atoms with van der Waals surface area (Å²) < 4.78 is 0. The average Bonchev–Trinajstić information content (AvgIpc) is 2.73. The van der Waals surface area contributed by atoms with Gasteiger partial charge in [-0.25, -0.2) is 4.98 Å². The van der Waals surface area contributed by atoms with Crippen molar-refractivity contribution in [3.63, 3.8) is 0 Å². The highest BCUT2D eigenvalue weighted by atomic mass is 32.1. The van der Waals surface area contributed by atoms with Gasteiger partial charge in [0.15, 0.2) is 0 Å². The largest absolute Gasteiger partial charge is 0.321 e. The Morgan fingerprint density at radius 2 is 2.29 bits per heavy atom. The van der Waals surface area contributed by atoms with Gasteiger partial charge in [0, 0.05) is 11.1 Å². The molecular formula is C10H10N2S2. The monoisotopic (exact) mass is 222 g/mol. The summed E-state index contributed by atoms with van der Waals surface area (Å²) in [6, 6.07) is 4.15. The fraction of sp³-hybridized carbons (Fsp3) is 0.300. The van der Waals surface area contributed by atoms with Crippen LogP contribution in [0, 0.1) is 0 Å². The summed E-state index contributed by atoms with van der Waals surface area (Å²) in [5.41, 5.74) is 6.07. The first-order valence-electron chi connectivity index (χ1n) is 4.57. The topological polar surface area (TPSA) is 38.9 Å². The van der Waals surface area contributed by atoms with Crippen LogP contribution in [0.4, 0.5) is 0 Å². The standard InChI is InChI=1S/C10H10N2S2/c11-10(3-4-10)8-6-12-9(14-8)7-2-1-5-13-7/h1-2,5-6H,3-4,11H2. The number of nitrogens with two attached hydrogens (primary N) is 1. The quantitative estimate of drug-likeness (QED) is 0.848. The lowest BCUT2D eigenvalue weighted by Gasteiger charge is -2.01. The third kappa shape index (κ3) is 1.30. The van der Waals surface area contributed by atoms with Crippen LogP contribution in [0.3, 0.4) is 0 Å². The number of aromatic nitrogens is 1. The highest BCUT2D eigenvalue weighted by Gasteiger charge is 2.41. The first kappa shape index (κ1) is 8.59. The van der Waals surface area contributed by atoms with Gasteiger partial charge in [-0.1, -0.05) is 6.07 Å². The molecule has 0 atom stereocenters. The fourth-order valence-electron chi connectivity index (χ4n) is 1.40. The third-order valence-electron chi connectivity index (χ3n) is 2.52. The Morgan fingerprint density at radius 3 is 2.93 bits per heavy atom. The molecule has 4 heteroatoms. The van der Waals surface area contributed by atoms with Gasteiger partial charge in [-0.2, -0.15) is 0 Å². The molecule has 0 aromatic carbocycles. The van der Waals surface area contributed by atoms with Crippen molar-refractivity contribution in [2.24, 2.45) is 5.73 Å². The van der Waals surface area contributed by atoms with Crippen LogP contribution in [-0.4, -0.2) is 4.98 Å². The summed E-state index contributed by atoms with van der Waals surface area (Å²) in [5.74, 6) is 0. The maximum atomic E-state index is 6.11. The highest BCUT2D eigenvalue weighted by Crippen LogP contribution is 2.46. The normalized spacial score (nSPS) is 18.4. The van der Waals surface area contributed by atoms with Gasteiger partial charge in [-0.05, 0) is 24.3 Å². The number of rotatable bonds is 2. The minimum Gasteiger partial charge on any atom is -0.321 e. The van der Waals surface area contributed by atoms with E-state index in [1.807, 2.05) is 6.20 Å². The van der Waals surface area contributed by atoms with Crippen LogP contribution >= 0.6 is 22.7 Å². The van der Waals surface area contributed by atoms with Crippen LogP contribution in [-0.2, 0) is 5.54 Å². The molecule has 2 heterocycles. The Hall–Kier alpha value is -0.710. The third-order valence-corrected chi connectivity index (χ3v) is 4.77. The molecule has 2 aromatic heterocycles. The smallest absolute Gasteiger partial charge is 0.133 e. The van der Waals surface area contributed by atoms with Gasteiger partial charge < -0.3 is 5.73 Å². The zero-order valence-electron chi connectivity index (χ0n) is 7.56. The summed E-state index contributed by atoms with van der Waals surface area (Å²) in [4.78, 5) is 6.89. The number of hydrogen-bond donors (Lipinski definition) is 1. The molecule has 1 saturated carbocycles. The van der Waals surface area contributed by atoms with Crippen molar-refractivity contribution in [2.75, 3.05) is 0 Å². The second-order valence-corrected chi connectivity index (χ2v) is 5.64. The summed E-state index contributed by atoms with van der Waals surface area (Å²) in [5, 5.41) is 3.18. The molecule has 0 saturated heterocycles. The van der Waals surface area contributed by atoms with Gasteiger partial charge in [-0.3, -0.25) is 0 Å². The van der Waals surface area contributed by atoms with Crippen LogP contribution in [0.15, 0.2) is 23.7 Å². The van der Waals surface area contributed by atoms with Crippen LogP contribution in [0.2, 0.25) is 0 Å². The molecule has 0 unspecified atom stereocenters. The van der Waals surface area contributed by atoms with Crippen LogP contribution in [0.5, 0.6) is 0 Å². The molecular weight excluding hydrogens is 212 g/mol. The Morgan fingerprint density at radius 1 is 1.43 bits per heavy atom. The average molecular weight is 222 g/mol. The summed E-state index contributed by atoms with van der Waals surface area (Å²) in [6.45, 7) is 0. The van der Waals surface area contributed by atoms with Gasteiger partial charge in [0.2, 0.25) is 0 Å². The molecule has 1 fully saturated rings. The van der Waals surface area contributed by atoms with E-state index >= 15 is 0 Å². The molecule has 1 aliphatic rings. The predicted octanol–water partition coefficient (Wildman–Crippen LogP) is 2.82. The maximum absolute atomic E-state index is 6.11. The van der Waals surface area contributed by atoms with Crippen LogP contribution < -0.4 is 5.73 Å². The van der Waals surface area contributed by atoms with Gasteiger partial charge in [0.05, 0.1) is 10.4 Å². The molecule has 0 bridgehead atoms. The molecule has 0 spiro atoms. The number of thiophene rings is 1. The molecule has 2 aromatic rings. The Labute approximate surface area is 90.4 Å². The van der Waals surface area contributed by atoms with E-state index in [0.717, 1.165) is 17.8 Å². The SMILES string of the molecule is NC1(c2cnc(-c3cccs3)s2)CC1. The zero-order valence-corrected chi connectivity index (χ0v) is 9.20. The van der Waals surface area contributed by atoms with E-state index in [9.17, 15) is 0 Å². The molecule has 1 aliphatic carbocycles. The summed E-state index contributed by atoms with van der Waals surface area (Å²) in [6.07, 6.45) is 4.16. The van der Waals surface area contributed by atoms with Crippen molar-refractivity contribution in [2.45, 2.75) is 18.4 Å². The Bertz CT molecular complexity index is 440. The Kier molecular flexibility index (Phi) is 1.77. The molecule has 2 N–H and O–H groups in total. The van der Waals surface area contributed by atoms with E-state index in [1.54, 1.807) is 22.7 Å². The van der Waals surface area contributed by atoms with Gasteiger partial charge >= 0.3 is 0 Å². The minimum atomic E-state index is -0.0345. The molecule has 3 rings (SSSR count). The lowest BCUT2D eigenvalue weighted by Crippen LogP contribution is -2.16. The van der Waals surface area contributed by atoms with E-state index in [-0.39, 0.29) is 5.54 Å². The number of thiazole rings is 1. The van der Waals surface area contributed by atoms with E-state index in [0.29, 0.717) is 0 Å². The molecule has 72 valence electrons. The molecule has 0 radical (unpaired) electrons. The minimum absolute atomic E-state index is 0.0345. The van der Waals surface area contributed by atoms with Crippen LogP contribution in [0.25, 0.3) is 9.88 Å². The maximum Gasteiger partial charge on any atom is 0.133 e. The molecule has 2 nitrogen and oxygen atoms in total. The van der Waals surface area contributed by atoms with Crippen molar-refractivity contribution in [3.8, 4) is 9.88 Å². The van der Waals surface area contributed by atoms with Crippen molar-refractivity contribution < 1.29 is 0 Å². The van der Waals surface area contributed by atoms with Crippen molar-refractivity contribution >= 4 is 22.7 Å². The lowest BCUT2D eigenvalue weighted by molar-refractivity contribution is 0.756. The number of hydrogen-bond acceptors (Lipinski definition) is 4. The van der Waals surface area contributed by atoms with Crippen molar-refractivity contribution in [3.05, 3.63) is 28.6 Å². The lowest BCUT2D eigenvalue weighted by atomic mass is 10.3. The van der Waals surface area contributed by atoms with Crippen molar-refractivity contribution in [1.29, 1.82) is 0 Å². The molecule has 14 heavy (non-hydrogen) atoms. The second-order valence-electron chi connectivity index (χ2n) is 3.66. The molecule has 0 aliphatic heterocycles. The van der Waals surface area contributed by atoms with E-state index in [2.05, 4.69) is 22.5 Å². The predicted molar refractivity (Wildman–Crippen MR) is 60.5 cm³/mol. The Balaban J connectivity index is 1.98. The van der Waals surface area contributed by atoms with E-state index in [1.165, 1.54) is 9.75 Å². The zero-order chi connectivity index (χ0) is 9.60. The van der Waals surface area contributed by atoms with E-state index < -0.39 is 0 Å². The van der Waals surface area contributed by atoms with Crippen LogP contribution in [0.1, 0.15) is 17.7 Å². The summed E-state index contributed by atoms with van der Waals surface area (Å²) in [7, 11) is 0. The van der Waals surface area contributed by atoms with Crippen molar-refractivity contribution in [1.82, 2.24) is 4.98 Å². The second kappa shape index (κ2) is 2.89. The fourth-order valence-corrected chi connectivity index (χ4v) is 3.28. The summed E-state index contributed by atoms with van der Waals surface area (Å²) >= 11 is 3.46. The molecule has 0 amide bonds. The van der Waals surface area contributed by atoms with Gasteiger partial charge in [0.1, 0.15) is 5.01 Å². The number of nitrogens with zero attached hydrogens (tertiary/aromatic N) is 1. The van der Waals surface area contributed by atoms with Gasteiger partial charge in [-0.15, -0.1) is 22.7 Å². The van der Waals surface area contributed by atoms with Gasteiger partial charge in [0.25, 0.3) is 0 Å². The van der Waals surface area contributed by atoms with E-state index in [4.69, 9.17) is 5.73 Å². The highest BCUT2D eigenvalue weighted by molar-refractivity contribution is 7.21. The first-order valence-corrected chi connectivity index (χ1v) is 6.27. The first-order chi connectivity index (χ1) is 6.78.